The van der Waals surface area contributed by atoms with Gasteiger partial charge >= 0.3 is 0 Å². The first-order valence-corrected chi connectivity index (χ1v) is 7.63. The van der Waals surface area contributed by atoms with E-state index in [0.717, 1.165) is 31.1 Å². The number of rotatable bonds is 3. The number of aryl methyl sites for hydroxylation is 1. The Kier molecular flexibility index (Phi) is 4.16. The van der Waals surface area contributed by atoms with E-state index < -0.39 is 0 Å². The van der Waals surface area contributed by atoms with E-state index in [1.807, 2.05) is 18.2 Å². The van der Waals surface area contributed by atoms with Gasteiger partial charge in [0, 0.05) is 15.8 Å². The van der Waals surface area contributed by atoms with E-state index in [-0.39, 0.29) is 5.38 Å². The molecule has 2 rings (SSSR count). The van der Waals surface area contributed by atoms with Gasteiger partial charge in [-0.15, -0.1) is 22.9 Å². The van der Waals surface area contributed by atoms with Crippen LogP contribution in [-0.2, 0) is 6.42 Å². The molecule has 0 saturated carbocycles. The predicted molar refractivity (Wildman–Crippen MR) is 75.5 cm³/mol. The molecule has 2 aromatic rings. The van der Waals surface area contributed by atoms with Crippen molar-refractivity contribution in [3.05, 3.63) is 42.9 Å². The van der Waals surface area contributed by atoms with Gasteiger partial charge in [0.2, 0.25) is 0 Å². The Labute approximate surface area is 120 Å². The molecule has 0 radical (unpaired) electrons. The summed E-state index contributed by atoms with van der Waals surface area (Å²) in [5, 5.41) is -0.215. The molecule has 0 N–H and O–H groups in total. The van der Waals surface area contributed by atoms with Gasteiger partial charge in [0.05, 0.1) is 3.79 Å². The minimum absolute atomic E-state index is 0.215. The molecule has 2 heterocycles. The van der Waals surface area contributed by atoms with Gasteiger partial charge in [-0.1, -0.05) is 6.92 Å². The standard InChI is InChI=1S/C11H9Br2ClOS/c1-2-6-3-4-8(15-6)10(14)9-5-7(12)11(13)16-9/h3-5,10H,2H2,1H3. The van der Waals surface area contributed by atoms with Crippen molar-refractivity contribution < 1.29 is 4.42 Å². The Hall–Kier alpha value is 0.230. The van der Waals surface area contributed by atoms with Gasteiger partial charge in [-0.05, 0) is 50.1 Å². The number of halogens is 3. The third-order valence-electron chi connectivity index (χ3n) is 2.19. The Balaban J connectivity index is 2.27. The molecule has 0 aliphatic carbocycles. The molecule has 1 nitrogen and oxygen atoms in total. The maximum Gasteiger partial charge on any atom is 0.127 e. The second-order valence-electron chi connectivity index (χ2n) is 3.29. The molecule has 1 atom stereocenters. The lowest BCUT2D eigenvalue weighted by molar-refractivity contribution is 0.475. The van der Waals surface area contributed by atoms with Crippen molar-refractivity contribution in [2.24, 2.45) is 0 Å². The van der Waals surface area contributed by atoms with Crippen molar-refractivity contribution in [2.75, 3.05) is 0 Å². The van der Waals surface area contributed by atoms with Crippen LogP contribution in [0.1, 0.15) is 28.7 Å². The van der Waals surface area contributed by atoms with E-state index in [1.54, 1.807) is 11.3 Å². The van der Waals surface area contributed by atoms with Gasteiger partial charge in [-0.25, -0.2) is 0 Å². The predicted octanol–water partition coefficient (Wildman–Crippen LogP) is 5.76. The molecule has 5 heteroatoms. The van der Waals surface area contributed by atoms with Crippen molar-refractivity contribution >= 4 is 54.8 Å². The van der Waals surface area contributed by atoms with Crippen LogP contribution in [0.2, 0.25) is 0 Å². The molecular weight excluding hydrogens is 375 g/mol. The van der Waals surface area contributed by atoms with E-state index in [4.69, 9.17) is 16.0 Å². The minimum Gasteiger partial charge on any atom is -0.464 e. The largest absolute Gasteiger partial charge is 0.464 e. The third kappa shape index (κ3) is 2.55. The highest BCUT2D eigenvalue weighted by atomic mass is 79.9. The second-order valence-corrected chi connectivity index (χ2v) is 6.98. The number of thiophene rings is 1. The Morgan fingerprint density at radius 3 is 2.69 bits per heavy atom. The van der Waals surface area contributed by atoms with Crippen molar-refractivity contribution in [1.82, 2.24) is 0 Å². The highest BCUT2D eigenvalue weighted by Crippen LogP contribution is 2.40. The van der Waals surface area contributed by atoms with Crippen molar-refractivity contribution in [3.8, 4) is 0 Å². The van der Waals surface area contributed by atoms with E-state index >= 15 is 0 Å². The number of alkyl halides is 1. The monoisotopic (exact) mass is 382 g/mol. The van der Waals surface area contributed by atoms with E-state index in [0.29, 0.717) is 0 Å². The molecule has 0 aliphatic rings. The van der Waals surface area contributed by atoms with E-state index in [1.165, 1.54) is 0 Å². The zero-order chi connectivity index (χ0) is 11.7. The summed E-state index contributed by atoms with van der Waals surface area (Å²) in [6.07, 6.45) is 0.890. The van der Waals surface area contributed by atoms with Crippen molar-refractivity contribution in [1.29, 1.82) is 0 Å². The molecule has 0 aromatic carbocycles. The first-order valence-electron chi connectivity index (χ1n) is 4.79. The summed E-state index contributed by atoms with van der Waals surface area (Å²) in [6, 6.07) is 5.93. The smallest absolute Gasteiger partial charge is 0.127 e. The zero-order valence-electron chi connectivity index (χ0n) is 8.47. The molecule has 0 bridgehead atoms. The Bertz CT molecular complexity index is 472. The number of furan rings is 1. The molecule has 0 spiro atoms. The molecule has 1 unspecified atom stereocenters. The van der Waals surface area contributed by atoms with Gasteiger partial charge in [-0.2, -0.15) is 0 Å². The molecule has 2 aromatic heterocycles. The summed E-state index contributed by atoms with van der Waals surface area (Å²) in [7, 11) is 0. The van der Waals surface area contributed by atoms with Crippen LogP contribution in [0.3, 0.4) is 0 Å². The summed E-state index contributed by atoms with van der Waals surface area (Å²) in [4.78, 5) is 1.07. The number of hydrogen-bond acceptors (Lipinski definition) is 2. The van der Waals surface area contributed by atoms with Crippen LogP contribution in [0, 0.1) is 0 Å². The van der Waals surface area contributed by atoms with Crippen LogP contribution in [0.25, 0.3) is 0 Å². The summed E-state index contributed by atoms with van der Waals surface area (Å²) >= 11 is 14.9. The van der Waals surface area contributed by atoms with Gasteiger partial charge in [0.1, 0.15) is 16.9 Å². The van der Waals surface area contributed by atoms with Gasteiger partial charge in [0.25, 0.3) is 0 Å². The highest BCUT2D eigenvalue weighted by molar-refractivity contribution is 9.13. The van der Waals surface area contributed by atoms with Crippen LogP contribution in [0.15, 0.2) is 30.9 Å². The lowest BCUT2D eigenvalue weighted by Crippen LogP contribution is -1.86. The van der Waals surface area contributed by atoms with Crippen molar-refractivity contribution in [2.45, 2.75) is 18.7 Å². The lowest BCUT2D eigenvalue weighted by atomic mass is 10.3. The van der Waals surface area contributed by atoms with Crippen LogP contribution < -0.4 is 0 Å². The van der Waals surface area contributed by atoms with Crippen molar-refractivity contribution in [3.63, 3.8) is 0 Å². The van der Waals surface area contributed by atoms with Crippen LogP contribution in [0.5, 0.6) is 0 Å². The summed E-state index contributed by atoms with van der Waals surface area (Å²) in [6.45, 7) is 2.06. The summed E-state index contributed by atoms with van der Waals surface area (Å²) < 4.78 is 7.72. The minimum atomic E-state index is -0.215. The molecule has 86 valence electrons. The summed E-state index contributed by atoms with van der Waals surface area (Å²) in [5.74, 6) is 1.77. The fraction of sp³-hybridized carbons (Fsp3) is 0.273. The quantitative estimate of drug-likeness (QED) is 0.614. The highest BCUT2D eigenvalue weighted by Gasteiger charge is 2.18. The lowest BCUT2D eigenvalue weighted by Gasteiger charge is -2.02. The topological polar surface area (TPSA) is 13.1 Å². The van der Waals surface area contributed by atoms with Gasteiger partial charge in [0.15, 0.2) is 0 Å². The third-order valence-corrected chi connectivity index (χ3v) is 6.10. The maximum atomic E-state index is 6.36. The SMILES string of the molecule is CCc1ccc(C(Cl)c2cc(Br)c(Br)s2)o1. The molecule has 0 aliphatic heterocycles. The van der Waals surface area contributed by atoms with Gasteiger partial charge < -0.3 is 4.42 Å². The maximum absolute atomic E-state index is 6.36. The van der Waals surface area contributed by atoms with E-state index in [9.17, 15) is 0 Å². The zero-order valence-corrected chi connectivity index (χ0v) is 13.2. The Morgan fingerprint density at radius 2 is 2.19 bits per heavy atom. The summed E-state index contributed by atoms with van der Waals surface area (Å²) in [5.41, 5.74) is 0. The number of hydrogen-bond donors (Lipinski definition) is 0. The van der Waals surface area contributed by atoms with Gasteiger partial charge in [-0.3, -0.25) is 0 Å². The molecule has 16 heavy (non-hydrogen) atoms. The van der Waals surface area contributed by atoms with Crippen LogP contribution in [-0.4, -0.2) is 0 Å². The average molecular weight is 385 g/mol. The fourth-order valence-corrected chi connectivity index (χ4v) is 3.74. The molecule has 0 saturated heterocycles. The molecule has 0 amide bonds. The van der Waals surface area contributed by atoms with Crippen LogP contribution >= 0.6 is 54.8 Å². The molecule has 0 fully saturated rings. The second kappa shape index (κ2) is 5.25. The Morgan fingerprint density at radius 1 is 1.44 bits per heavy atom. The van der Waals surface area contributed by atoms with Crippen LogP contribution in [0.4, 0.5) is 0 Å². The molecular formula is C11H9Br2ClOS. The fourth-order valence-electron chi connectivity index (χ4n) is 1.35. The first kappa shape index (κ1) is 12.7. The van der Waals surface area contributed by atoms with E-state index in [2.05, 4.69) is 38.8 Å². The first-order chi connectivity index (χ1) is 7.61. The average Bonchev–Trinajstić information content (AvgIpc) is 2.86. The normalized spacial score (nSPS) is 13.0.